The molecular weight excluding hydrogens is 659 g/mol. The van der Waals surface area contributed by atoms with Gasteiger partial charge in [0.05, 0.1) is 21.5 Å². The summed E-state index contributed by atoms with van der Waals surface area (Å²) >= 11 is 0. The maximum Gasteiger partial charge on any atom is 0.254 e. The van der Waals surface area contributed by atoms with Crippen molar-refractivity contribution in [3.8, 4) is 5.75 Å². The van der Waals surface area contributed by atoms with Gasteiger partial charge in [0, 0.05) is 11.5 Å². The molecule has 0 saturated heterocycles. The van der Waals surface area contributed by atoms with Gasteiger partial charge < -0.3 is 4.43 Å². The van der Waals surface area contributed by atoms with Gasteiger partial charge in [-0.05, 0) is 17.6 Å². The predicted molar refractivity (Wildman–Crippen MR) is 195 cm³/mol. The minimum absolute atomic E-state index is 0.0684. The minimum Gasteiger partial charge on any atom is -0.539 e. The summed E-state index contributed by atoms with van der Waals surface area (Å²) in [5.74, 6) is -11.6. The summed E-state index contributed by atoms with van der Waals surface area (Å²) in [6.45, 7) is 17.6. The van der Waals surface area contributed by atoms with E-state index in [0.29, 0.717) is 12.1 Å². The van der Waals surface area contributed by atoms with Crippen molar-refractivity contribution in [2.45, 2.75) is 173 Å². The first-order valence-corrected chi connectivity index (χ1v) is 26.6. The maximum absolute atomic E-state index is 15.9. The number of rotatable bonds is 23. The molecule has 1 radical (unpaired) electrons. The summed E-state index contributed by atoms with van der Waals surface area (Å²) in [5.41, 5.74) is -0.0684. The van der Waals surface area contributed by atoms with E-state index in [1.165, 1.54) is 49.9 Å². The van der Waals surface area contributed by atoms with Crippen LogP contribution in [0.2, 0.25) is 66.0 Å². The molecule has 0 aromatic heterocycles. The van der Waals surface area contributed by atoms with E-state index >= 15 is 13.2 Å². The van der Waals surface area contributed by atoms with E-state index < -0.39 is 75.9 Å². The number of halogens is 6. The lowest BCUT2D eigenvalue weighted by molar-refractivity contribution is 0.404. The molecule has 1 nitrogen and oxygen atoms in total. The molecule has 0 bridgehead atoms. The second-order valence-corrected chi connectivity index (χ2v) is 29.6. The van der Waals surface area contributed by atoms with Gasteiger partial charge in [-0.25, -0.2) is 22.0 Å². The average molecular weight is 720 g/mol. The molecule has 269 valence electrons. The molecule has 2 rings (SSSR count). The number of unbranched alkanes of at least 4 members (excludes halogenated alkanes) is 3. The van der Waals surface area contributed by atoms with E-state index in [1.807, 2.05) is 13.8 Å². The lowest BCUT2D eigenvalue weighted by atomic mass is 10.1. The molecule has 0 aliphatic carbocycles. The van der Waals surface area contributed by atoms with Crippen LogP contribution >= 0.6 is 0 Å². The van der Waals surface area contributed by atoms with E-state index in [1.54, 1.807) is 6.07 Å². The highest BCUT2D eigenvalue weighted by atomic mass is 28.4. The topological polar surface area (TPSA) is 9.23 Å². The minimum atomic E-state index is -3.02. The Bertz CT molecular complexity index is 1240. The summed E-state index contributed by atoms with van der Waals surface area (Å²) in [6, 6.07) is 13.0. The van der Waals surface area contributed by atoms with E-state index in [9.17, 15) is 13.2 Å². The monoisotopic (exact) mass is 719 g/mol. The van der Waals surface area contributed by atoms with Crippen molar-refractivity contribution in [2.24, 2.45) is 0 Å². The predicted octanol–water partition coefficient (Wildman–Crippen LogP) is 14.3. The van der Waals surface area contributed by atoms with Crippen LogP contribution in [0.5, 0.6) is 5.75 Å². The van der Waals surface area contributed by atoms with E-state index in [2.05, 4.69) is 41.5 Å². The average Bonchev–Trinajstić information content (AvgIpc) is 3.04. The number of fused-ring (bicyclic) bond motifs is 1. The summed E-state index contributed by atoms with van der Waals surface area (Å²) in [4.78, 5) is 0. The normalized spacial score (nSPS) is 13.9. The Labute approximate surface area is 284 Å². The van der Waals surface area contributed by atoms with Crippen LogP contribution in [0.1, 0.15) is 107 Å². The summed E-state index contributed by atoms with van der Waals surface area (Å²) in [7, 11) is -5.78. The van der Waals surface area contributed by atoms with Gasteiger partial charge in [-0.15, -0.1) is 0 Å². The van der Waals surface area contributed by atoms with Crippen LogP contribution in [0.4, 0.5) is 26.3 Å². The Kier molecular flexibility index (Phi) is 17.1. The molecule has 0 amide bonds. The fourth-order valence-electron chi connectivity index (χ4n) is 8.21. The first kappa shape index (κ1) is 41.9. The quantitative estimate of drug-likeness (QED) is 0.0365. The molecule has 0 fully saturated rings. The highest BCUT2D eigenvalue weighted by Gasteiger charge is 2.43. The van der Waals surface area contributed by atoms with Gasteiger partial charge in [-0.3, -0.25) is 0 Å². The molecule has 47 heavy (non-hydrogen) atoms. The van der Waals surface area contributed by atoms with Crippen LogP contribution in [0.3, 0.4) is 0 Å². The largest absolute Gasteiger partial charge is 0.539 e. The van der Waals surface area contributed by atoms with E-state index in [4.69, 9.17) is 4.43 Å². The molecule has 10 heteroatoms. The van der Waals surface area contributed by atoms with Gasteiger partial charge in [0.2, 0.25) is 5.82 Å². The highest BCUT2D eigenvalue weighted by molar-refractivity contribution is 6.80. The number of hydrogen-bond acceptors (Lipinski definition) is 1. The smallest absolute Gasteiger partial charge is 0.254 e. The number of hydrogen-bond donors (Lipinski definition) is 0. The summed E-state index contributed by atoms with van der Waals surface area (Å²) in [5, 5.41) is -2.27. The summed E-state index contributed by atoms with van der Waals surface area (Å²) in [6.07, 6.45) is 8.68. The fraction of sp³-hybridized carbons (Fsp3) is 0.730. The van der Waals surface area contributed by atoms with Crippen LogP contribution in [0, 0.1) is 41.0 Å². The zero-order chi connectivity index (χ0) is 35.4. The van der Waals surface area contributed by atoms with Crippen molar-refractivity contribution in [3.05, 3.63) is 41.0 Å². The molecule has 1 atom stereocenters. The first-order valence-electron chi connectivity index (χ1n) is 18.5. The van der Waals surface area contributed by atoms with Gasteiger partial charge in [0.25, 0.3) is 8.32 Å². The molecular formula is C37H61F6OSi3. The Balaban J connectivity index is 2.42. The third kappa shape index (κ3) is 10.1. The third-order valence-corrected chi connectivity index (χ3v) is 28.6. The first-order chi connectivity index (χ1) is 22.3. The second-order valence-electron chi connectivity index (χ2n) is 14.5. The van der Waals surface area contributed by atoms with E-state index in [0.717, 1.165) is 49.9 Å². The maximum atomic E-state index is 15.9. The van der Waals surface area contributed by atoms with Crippen molar-refractivity contribution in [1.82, 2.24) is 0 Å². The molecule has 0 spiro atoms. The van der Waals surface area contributed by atoms with Gasteiger partial charge in [0.15, 0.2) is 34.8 Å². The van der Waals surface area contributed by atoms with Crippen molar-refractivity contribution in [1.29, 1.82) is 0 Å². The third-order valence-electron chi connectivity index (χ3n) is 11.4. The molecule has 0 heterocycles. The van der Waals surface area contributed by atoms with Crippen molar-refractivity contribution in [3.63, 3.8) is 0 Å². The Hall–Kier alpha value is -1.27. The van der Waals surface area contributed by atoms with Crippen LogP contribution in [0.25, 0.3) is 10.8 Å². The molecule has 1 unspecified atom stereocenters. The standard InChI is InChI=1S/C37H61F6OSi3/c1-9-20-46(21-10-2,22-11-3)23-17-15-16-18-25-47(28(7)8,26-19-24-45(12-4,13-5)14-6)44-37-35(42)31-29(32(39)36(37)43)27-30(38)33(40)34(31)41/h28H,9-26H2,1-8H3. The van der Waals surface area contributed by atoms with Crippen LogP contribution in [-0.2, 0) is 0 Å². The highest BCUT2D eigenvalue weighted by Crippen LogP contribution is 2.42. The van der Waals surface area contributed by atoms with Crippen molar-refractivity contribution in [2.75, 3.05) is 0 Å². The SMILES string of the molecule is CCC[Si](CCC)(CCC)CCCCCC[Si](CCC[Si](CC)(CC)CC)(Oc1c(F)c(F)c2[c]c(F)c(F)c(F)c2c1F)C(C)C. The molecule has 2 aromatic carbocycles. The summed E-state index contributed by atoms with van der Waals surface area (Å²) < 4.78 is 95.8. The van der Waals surface area contributed by atoms with Gasteiger partial charge >= 0.3 is 0 Å². The fourth-order valence-corrected chi connectivity index (χ4v) is 21.8. The zero-order valence-corrected chi connectivity index (χ0v) is 33.5. The Morgan fingerprint density at radius 3 is 1.51 bits per heavy atom. The lowest BCUT2D eigenvalue weighted by Gasteiger charge is -2.37. The van der Waals surface area contributed by atoms with Crippen LogP contribution in [0.15, 0.2) is 0 Å². The molecule has 0 saturated carbocycles. The van der Waals surface area contributed by atoms with Crippen LogP contribution in [-0.4, -0.2) is 24.5 Å². The van der Waals surface area contributed by atoms with Crippen molar-refractivity contribution < 1.29 is 30.8 Å². The van der Waals surface area contributed by atoms with Crippen LogP contribution < -0.4 is 4.43 Å². The van der Waals surface area contributed by atoms with Gasteiger partial charge in [0.1, 0.15) is 0 Å². The molecule has 0 N–H and O–H groups in total. The lowest BCUT2D eigenvalue weighted by Crippen LogP contribution is -2.46. The molecule has 2 aromatic rings. The zero-order valence-electron chi connectivity index (χ0n) is 30.5. The molecule has 0 aliphatic heterocycles. The number of benzene rings is 2. The van der Waals surface area contributed by atoms with Gasteiger partial charge in [-0.2, -0.15) is 4.39 Å². The molecule has 0 aliphatic rings. The van der Waals surface area contributed by atoms with E-state index in [-0.39, 0.29) is 5.54 Å². The Morgan fingerprint density at radius 2 is 1.02 bits per heavy atom. The Morgan fingerprint density at radius 1 is 0.532 bits per heavy atom. The van der Waals surface area contributed by atoms with Gasteiger partial charge in [-0.1, -0.05) is 155 Å². The second kappa shape index (κ2) is 19.2. The van der Waals surface area contributed by atoms with Crippen molar-refractivity contribution >= 4 is 35.2 Å².